The van der Waals surface area contributed by atoms with Crippen LogP contribution in [0.25, 0.3) is 0 Å². The number of nitrogens with zero attached hydrogens (tertiary/aromatic N) is 2. The molecule has 3 rings (SSSR count). The first-order chi connectivity index (χ1) is 8.89. The molecule has 104 valence electrons. The second-order valence-corrected chi connectivity index (χ2v) is 6.49. The van der Waals surface area contributed by atoms with Gasteiger partial charge < -0.3 is 14.6 Å². The molecule has 5 nitrogen and oxygen atoms in total. The molecular formula is C13H22BN3O2. The van der Waals surface area contributed by atoms with E-state index in [0.717, 1.165) is 25.0 Å². The Bertz CT molecular complexity index is 450. The predicted octanol–water partition coefficient (Wildman–Crippen LogP) is 0.717. The highest BCUT2D eigenvalue weighted by Crippen LogP contribution is 2.36. The maximum absolute atomic E-state index is 6.03. The average Bonchev–Trinajstić information content (AvgIpc) is 3.00. The van der Waals surface area contributed by atoms with Crippen molar-refractivity contribution in [2.75, 3.05) is 13.1 Å². The molecular weight excluding hydrogens is 241 g/mol. The Labute approximate surface area is 114 Å². The minimum absolute atomic E-state index is 0.297. The van der Waals surface area contributed by atoms with Gasteiger partial charge in [0.2, 0.25) is 0 Å². The van der Waals surface area contributed by atoms with Gasteiger partial charge >= 0.3 is 7.12 Å². The van der Waals surface area contributed by atoms with Gasteiger partial charge in [0.05, 0.1) is 17.2 Å². The van der Waals surface area contributed by atoms with Crippen molar-refractivity contribution in [2.45, 2.75) is 51.4 Å². The third kappa shape index (κ3) is 2.22. The van der Waals surface area contributed by atoms with Crippen LogP contribution in [0.5, 0.6) is 0 Å². The first-order valence-electron chi connectivity index (χ1n) is 6.99. The maximum atomic E-state index is 6.03. The van der Waals surface area contributed by atoms with Crippen molar-refractivity contribution >= 4 is 12.6 Å². The quantitative estimate of drug-likeness (QED) is 0.799. The van der Waals surface area contributed by atoms with Crippen LogP contribution in [0.2, 0.25) is 0 Å². The molecule has 0 aromatic carbocycles. The summed E-state index contributed by atoms with van der Waals surface area (Å²) in [6.07, 6.45) is 5.05. The van der Waals surface area contributed by atoms with Crippen molar-refractivity contribution in [3.8, 4) is 0 Å². The summed E-state index contributed by atoms with van der Waals surface area (Å²) in [5.74, 6) is 0. The van der Waals surface area contributed by atoms with E-state index in [1.807, 2.05) is 10.9 Å². The van der Waals surface area contributed by atoms with Crippen LogP contribution in [0, 0.1) is 0 Å². The standard InChI is InChI=1S/C13H22BN3O2/c1-12(2)13(3,4)19-14(18-12)10-7-16-17(9-10)11-5-6-15-8-11/h7,9,11,15H,5-6,8H2,1-4H3/t11-/m1/s1. The van der Waals surface area contributed by atoms with Gasteiger partial charge in [0.15, 0.2) is 0 Å². The zero-order chi connectivity index (χ0) is 13.7. The van der Waals surface area contributed by atoms with Gasteiger partial charge in [-0.05, 0) is 40.7 Å². The van der Waals surface area contributed by atoms with Crippen LogP contribution in [-0.2, 0) is 9.31 Å². The van der Waals surface area contributed by atoms with Gasteiger partial charge in [-0.15, -0.1) is 0 Å². The molecule has 1 aromatic rings. The van der Waals surface area contributed by atoms with Gasteiger partial charge in [0.25, 0.3) is 0 Å². The highest BCUT2D eigenvalue weighted by Gasteiger charge is 2.52. The van der Waals surface area contributed by atoms with E-state index in [1.54, 1.807) is 0 Å². The van der Waals surface area contributed by atoms with E-state index < -0.39 is 0 Å². The Balaban J connectivity index is 1.77. The molecule has 2 fully saturated rings. The van der Waals surface area contributed by atoms with E-state index in [4.69, 9.17) is 9.31 Å². The first kappa shape index (κ1) is 13.2. The second-order valence-electron chi connectivity index (χ2n) is 6.49. The molecule has 1 atom stereocenters. The van der Waals surface area contributed by atoms with Crippen LogP contribution in [0.15, 0.2) is 12.4 Å². The zero-order valence-electron chi connectivity index (χ0n) is 12.1. The second kappa shape index (κ2) is 4.33. The van der Waals surface area contributed by atoms with E-state index >= 15 is 0 Å². The minimum atomic E-state index is -0.312. The molecule has 0 unspecified atom stereocenters. The Morgan fingerprint density at radius 3 is 2.58 bits per heavy atom. The molecule has 2 aliphatic heterocycles. The van der Waals surface area contributed by atoms with Crippen LogP contribution < -0.4 is 10.8 Å². The van der Waals surface area contributed by atoms with Gasteiger partial charge in [-0.3, -0.25) is 4.68 Å². The SMILES string of the molecule is CC1(C)OB(c2cnn([C@@H]3CCNC3)c2)OC1(C)C. The maximum Gasteiger partial charge on any atom is 0.498 e. The molecule has 2 saturated heterocycles. The van der Waals surface area contributed by atoms with Crippen LogP contribution in [0.4, 0.5) is 0 Å². The summed E-state index contributed by atoms with van der Waals surface area (Å²) < 4.78 is 14.1. The molecule has 1 aromatic heterocycles. The fourth-order valence-corrected chi connectivity index (χ4v) is 2.52. The molecule has 0 saturated carbocycles. The third-order valence-electron chi connectivity index (χ3n) is 4.56. The van der Waals surface area contributed by atoms with Crippen molar-refractivity contribution in [1.29, 1.82) is 0 Å². The lowest BCUT2D eigenvalue weighted by Gasteiger charge is -2.32. The summed E-state index contributed by atoms with van der Waals surface area (Å²) in [6, 6.07) is 0.455. The van der Waals surface area contributed by atoms with Crippen molar-refractivity contribution in [3.05, 3.63) is 12.4 Å². The Kier molecular flexibility index (Phi) is 3.00. The highest BCUT2D eigenvalue weighted by atomic mass is 16.7. The normalized spacial score (nSPS) is 29.1. The van der Waals surface area contributed by atoms with E-state index in [9.17, 15) is 0 Å². The number of rotatable bonds is 2. The van der Waals surface area contributed by atoms with Crippen molar-refractivity contribution in [2.24, 2.45) is 0 Å². The monoisotopic (exact) mass is 263 g/mol. The average molecular weight is 263 g/mol. The molecule has 0 amide bonds. The Hall–Kier alpha value is -0.845. The predicted molar refractivity (Wildman–Crippen MR) is 74.5 cm³/mol. The fourth-order valence-electron chi connectivity index (χ4n) is 2.52. The highest BCUT2D eigenvalue weighted by molar-refractivity contribution is 6.61. The van der Waals surface area contributed by atoms with Crippen molar-refractivity contribution in [3.63, 3.8) is 0 Å². The van der Waals surface area contributed by atoms with Gasteiger partial charge in [0, 0.05) is 24.4 Å². The van der Waals surface area contributed by atoms with Gasteiger partial charge in [-0.25, -0.2) is 0 Å². The summed E-state index contributed by atoms with van der Waals surface area (Å²) >= 11 is 0. The molecule has 1 N–H and O–H groups in total. The summed E-state index contributed by atoms with van der Waals surface area (Å²) in [4.78, 5) is 0. The molecule has 0 aliphatic carbocycles. The Morgan fingerprint density at radius 1 is 1.32 bits per heavy atom. The summed E-state index contributed by atoms with van der Waals surface area (Å²) in [7, 11) is -0.312. The summed E-state index contributed by atoms with van der Waals surface area (Å²) in [5, 5.41) is 7.81. The van der Waals surface area contributed by atoms with E-state index in [-0.39, 0.29) is 18.3 Å². The molecule has 6 heteroatoms. The largest absolute Gasteiger partial charge is 0.498 e. The van der Waals surface area contributed by atoms with Gasteiger partial charge in [-0.2, -0.15) is 5.10 Å². The van der Waals surface area contributed by atoms with Crippen molar-refractivity contribution in [1.82, 2.24) is 15.1 Å². The molecule has 0 bridgehead atoms. The fraction of sp³-hybridized carbons (Fsp3) is 0.769. The van der Waals surface area contributed by atoms with Crippen LogP contribution >= 0.6 is 0 Å². The summed E-state index contributed by atoms with van der Waals surface area (Å²) in [5.41, 5.74) is 0.411. The molecule has 2 aliphatic rings. The van der Waals surface area contributed by atoms with E-state index in [1.165, 1.54) is 0 Å². The van der Waals surface area contributed by atoms with E-state index in [0.29, 0.717) is 6.04 Å². The lowest BCUT2D eigenvalue weighted by molar-refractivity contribution is 0.00578. The van der Waals surface area contributed by atoms with Gasteiger partial charge in [-0.1, -0.05) is 0 Å². The van der Waals surface area contributed by atoms with Crippen molar-refractivity contribution < 1.29 is 9.31 Å². The number of hydrogen-bond acceptors (Lipinski definition) is 4. The van der Waals surface area contributed by atoms with Crippen LogP contribution in [0.1, 0.15) is 40.2 Å². The number of hydrogen-bond donors (Lipinski definition) is 1. The zero-order valence-corrected chi connectivity index (χ0v) is 12.1. The first-order valence-corrected chi connectivity index (χ1v) is 6.99. The van der Waals surface area contributed by atoms with Gasteiger partial charge in [0.1, 0.15) is 0 Å². The number of nitrogens with one attached hydrogen (secondary N) is 1. The molecule has 0 radical (unpaired) electrons. The third-order valence-corrected chi connectivity index (χ3v) is 4.56. The van der Waals surface area contributed by atoms with Crippen LogP contribution in [-0.4, -0.2) is 41.2 Å². The molecule has 3 heterocycles. The lowest BCUT2D eigenvalue weighted by Crippen LogP contribution is -2.41. The lowest BCUT2D eigenvalue weighted by atomic mass is 9.82. The smallest absolute Gasteiger partial charge is 0.399 e. The topological polar surface area (TPSA) is 48.3 Å². The Morgan fingerprint density at radius 2 is 2.00 bits per heavy atom. The van der Waals surface area contributed by atoms with E-state index in [2.05, 4.69) is 44.3 Å². The van der Waals surface area contributed by atoms with Crippen LogP contribution in [0.3, 0.4) is 0 Å². The summed E-state index contributed by atoms with van der Waals surface area (Å²) in [6.45, 7) is 10.3. The minimum Gasteiger partial charge on any atom is -0.399 e. The molecule has 0 spiro atoms. The molecule has 19 heavy (non-hydrogen) atoms. The number of aromatic nitrogens is 2.